The van der Waals surface area contributed by atoms with Gasteiger partial charge in [0.25, 0.3) is 0 Å². The Morgan fingerprint density at radius 2 is 1.70 bits per heavy atom. The summed E-state index contributed by atoms with van der Waals surface area (Å²) in [6.45, 7) is 6.13. The minimum absolute atomic E-state index is 0.0950. The lowest BCUT2D eigenvalue weighted by molar-refractivity contribution is -0.112. The standard InChI is InChI=1S/C27H33N3O3/c1-18(2)20-7-5-19(6-8-20)13-22(16-31)30-11-9-21(10-12-30)27-23-14-25(32-3)26(33-4)15-24(23)28-17-29-27/h5-8,14-18,21-22H,9-13H2,1-4H3. The maximum absolute atomic E-state index is 12.0. The summed E-state index contributed by atoms with van der Waals surface area (Å²) in [7, 11) is 3.27. The lowest BCUT2D eigenvalue weighted by atomic mass is 9.89. The van der Waals surface area contributed by atoms with E-state index in [0.29, 0.717) is 23.3 Å². The predicted molar refractivity (Wildman–Crippen MR) is 130 cm³/mol. The summed E-state index contributed by atoms with van der Waals surface area (Å²) in [5.74, 6) is 2.18. The fourth-order valence-electron chi connectivity index (χ4n) is 4.78. The van der Waals surface area contributed by atoms with Gasteiger partial charge in [0.15, 0.2) is 11.5 Å². The van der Waals surface area contributed by atoms with E-state index in [0.717, 1.165) is 55.2 Å². The first-order valence-electron chi connectivity index (χ1n) is 11.7. The molecule has 0 radical (unpaired) electrons. The van der Waals surface area contributed by atoms with Crippen molar-refractivity contribution in [3.8, 4) is 11.5 Å². The van der Waals surface area contributed by atoms with Crippen LogP contribution in [0.5, 0.6) is 11.5 Å². The number of aldehydes is 1. The second kappa shape index (κ2) is 10.3. The average Bonchev–Trinajstić information content (AvgIpc) is 2.86. The van der Waals surface area contributed by atoms with Gasteiger partial charge in [0.2, 0.25) is 0 Å². The molecule has 174 valence electrons. The Hall–Kier alpha value is -2.99. The summed E-state index contributed by atoms with van der Waals surface area (Å²) < 4.78 is 10.9. The molecule has 1 aromatic heterocycles. The molecule has 6 nitrogen and oxygen atoms in total. The molecular weight excluding hydrogens is 414 g/mol. The van der Waals surface area contributed by atoms with E-state index < -0.39 is 0 Å². The van der Waals surface area contributed by atoms with Crippen LogP contribution in [0.25, 0.3) is 10.9 Å². The fraction of sp³-hybridized carbons (Fsp3) is 0.444. The van der Waals surface area contributed by atoms with Crippen LogP contribution in [0.4, 0.5) is 0 Å². The van der Waals surface area contributed by atoms with Crippen molar-refractivity contribution in [3.63, 3.8) is 0 Å². The minimum atomic E-state index is -0.0950. The zero-order valence-corrected chi connectivity index (χ0v) is 20.0. The molecular formula is C27H33N3O3. The topological polar surface area (TPSA) is 64.6 Å². The van der Waals surface area contributed by atoms with Crippen LogP contribution in [-0.2, 0) is 11.2 Å². The van der Waals surface area contributed by atoms with Gasteiger partial charge in [0.05, 0.1) is 31.5 Å². The zero-order valence-electron chi connectivity index (χ0n) is 20.0. The Kier molecular flexibility index (Phi) is 7.23. The van der Waals surface area contributed by atoms with Crippen LogP contribution in [0.1, 0.15) is 55.3 Å². The molecule has 1 saturated heterocycles. The van der Waals surface area contributed by atoms with E-state index >= 15 is 0 Å². The number of fused-ring (bicyclic) bond motifs is 1. The normalized spacial score (nSPS) is 16.2. The Morgan fingerprint density at radius 1 is 1.03 bits per heavy atom. The second-order valence-corrected chi connectivity index (χ2v) is 9.10. The number of piperidine rings is 1. The SMILES string of the molecule is COc1cc2ncnc(C3CCN(C(C=O)Cc4ccc(C(C)C)cc4)CC3)c2cc1OC. The van der Waals surface area contributed by atoms with Crippen molar-refractivity contribution in [2.45, 2.75) is 51.0 Å². The summed E-state index contributed by atoms with van der Waals surface area (Å²) in [5.41, 5.74) is 4.44. The summed E-state index contributed by atoms with van der Waals surface area (Å²) >= 11 is 0. The highest BCUT2D eigenvalue weighted by Gasteiger charge is 2.28. The quantitative estimate of drug-likeness (QED) is 0.464. The first kappa shape index (κ1) is 23.2. The van der Waals surface area contributed by atoms with Crippen molar-refractivity contribution in [1.82, 2.24) is 14.9 Å². The number of rotatable bonds is 8. The molecule has 1 atom stereocenters. The molecule has 33 heavy (non-hydrogen) atoms. The van der Waals surface area contributed by atoms with Crippen molar-refractivity contribution in [2.24, 2.45) is 0 Å². The van der Waals surface area contributed by atoms with E-state index in [-0.39, 0.29) is 6.04 Å². The van der Waals surface area contributed by atoms with Crippen LogP contribution < -0.4 is 9.47 Å². The zero-order chi connectivity index (χ0) is 23.4. The summed E-state index contributed by atoms with van der Waals surface area (Å²) in [6, 6.07) is 12.5. The van der Waals surface area contributed by atoms with E-state index in [9.17, 15) is 4.79 Å². The molecule has 6 heteroatoms. The number of hydrogen-bond acceptors (Lipinski definition) is 6. The molecule has 2 aromatic carbocycles. The van der Waals surface area contributed by atoms with Crippen LogP contribution >= 0.6 is 0 Å². The maximum atomic E-state index is 12.0. The van der Waals surface area contributed by atoms with Gasteiger partial charge in [-0.3, -0.25) is 4.90 Å². The highest BCUT2D eigenvalue weighted by Crippen LogP contribution is 2.37. The Balaban J connectivity index is 1.46. The third-order valence-corrected chi connectivity index (χ3v) is 6.81. The van der Waals surface area contributed by atoms with Crippen molar-refractivity contribution in [3.05, 3.63) is 59.5 Å². The van der Waals surface area contributed by atoms with Crippen LogP contribution in [-0.4, -0.2) is 54.5 Å². The van der Waals surface area contributed by atoms with Gasteiger partial charge in [-0.15, -0.1) is 0 Å². The first-order valence-corrected chi connectivity index (χ1v) is 11.7. The van der Waals surface area contributed by atoms with Crippen molar-refractivity contribution in [1.29, 1.82) is 0 Å². The molecule has 0 N–H and O–H groups in total. The van der Waals surface area contributed by atoms with Gasteiger partial charge in [0, 0.05) is 17.4 Å². The van der Waals surface area contributed by atoms with Crippen molar-refractivity contribution < 1.29 is 14.3 Å². The number of aromatic nitrogens is 2. The Morgan fingerprint density at radius 3 is 2.30 bits per heavy atom. The lowest BCUT2D eigenvalue weighted by Crippen LogP contribution is -2.43. The Bertz CT molecular complexity index is 1090. The summed E-state index contributed by atoms with van der Waals surface area (Å²) in [6.07, 6.45) is 5.40. The van der Waals surface area contributed by atoms with Crippen molar-refractivity contribution in [2.75, 3.05) is 27.3 Å². The van der Waals surface area contributed by atoms with E-state index in [1.165, 1.54) is 11.1 Å². The average molecular weight is 448 g/mol. The number of ether oxygens (including phenoxy) is 2. The van der Waals surface area contributed by atoms with Gasteiger partial charge < -0.3 is 14.3 Å². The van der Waals surface area contributed by atoms with Gasteiger partial charge in [-0.05, 0) is 55.5 Å². The highest BCUT2D eigenvalue weighted by atomic mass is 16.5. The van der Waals surface area contributed by atoms with Gasteiger partial charge in [-0.2, -0.15) is 0 Å². The number of nitrogens with zero attached hydrogens (tertiary/aromatic N) is 3. The number of hydrogen-bond donors (Lipinski definition) is 0. The second-order valence-electron chi connectivity index (χ2n) is 9.10. The van der Waals surface area contributed by atoms with Crippen LogP contribution in [0.3, 0.4) is 0 Å². The van der Waals surface area contributed by atoms with E-state index in [2.05, 4.69) is 53.0 Å². The lowest BCUT2D eigenvalue weighted by Gasteiger charge is -2.35. The van der Waals surface area contributed by atoms with Crippen LogP contribution in [0.2, 0.25) is 0 Å². The Labute approximate surface area is 195 Å². The van der Waals surface area contributed by atoms with Gasteiger partial charge in [-0.25, -0.2) is 9.97 Å². The van der Waals surface area contributed by atoms with Crippen molar-refractivity contribution >= 4 is 17.2 Å². The van der Waals surface area contributed by atoms with Gasteiger partial charge in [0.1, 0.15) is 12.6 Å². The van der Waals surface area contributed by atoms with Crippen LogP contribution in [0.15, 0.2) is 42.7 Å². The maximum Gasteiger partial charge on any atom is 0.162 e. The molecule has 1 aliphatic rings. The first-order chi connectivity index (χ1) is 16.0. The summed E-state index contributed by atoms with van der Waals surface area (Å²) in [4.78, 5) is 23.3. The van der Waals surface area contributed by atoms with Crippen LogP contribution in [0, 0.1) is 0 Å². The van der Waals surface area contributed by atoms with E-state index in [1.54, 1.807) is 20.5 Å². The van der Waals surface area contributed by atoms with E-state index in [1.807, 2.05) is 12.1 Å². The molecule has 1 aliphatic heterocycles. The highest BCUT2D eigenvalue weighted by molar-refractivity contribution is 5.85. The number of methoxy groups -OCH3 is 2. The molecule has 0 saturated carbocycles. The molecule has 0 bridgehead atoms. The number of likely N-dealkylation sites (tertiary alicyclic amines) is 1. The van der Waals surface area contributed by atoms with E-state index in [4.69, 9.17) is 9.47 Å². The third kappa shape index (κ3) is 5.01. The molecule has 0 spiro atoms. The van der Waals surface area contributed by atoms with Gasteiger partial charge >= 0.3 is 0 Å². The molecule has 2 heterocycles. The number of benzene rings is 2. The number of carbonyl (C=O) groups excluding carboxylic acids is 1. The molecule has 0 aliphatic carbocycles. The largest absolute Gasteiger partial charge is 0.493 e. The molecule has 4 rings (SSSR count). The summed E-state index contributed by atoms with van der Waals surface area (Å²) in [5, 5.41) is 1.01. The number of carbonyl (C=O) groups is 1. The molecule has 3 aromatic rings. The third-order valence-electron chi connectivity index (χ3n) is 6.81. The minimum Gasteiger partial charge on any atom is -0.493 e. The molecule has 1 fully saturated rings. The molecule has 1 unspecified atom stereocenters. The fourth-order valence-corrected chi connectivity index (χ4v) is 4.78. The van der Waals surface area contributed by atoms with Gasteiger partial charge in [-0.1, -0.05) is 38.1 Å². The monoisotopic (exact) mass is 447 g/mol. The smallest absolute Gasteiger partial charge is 0.162 e. The predicted octanol–water partition coefficient (Wildman–Crippen LogP) is 4.76. The molecule has 0 amide bonds.